The van der Waals surface area contributed by atoms with Gasteiger partial charge in [0.2, 0.25) is 5.91 Å². The summed E-state index contributed by atoms with van der Waals surface area (Å²) >= 11 is 15.7. The van der Waals surface area contributed by atoms with E-state index in [0.29, 0.717) is 22.4 Å². The molecule has 3 rings (SSSR count). The molecular formula is C16H14BrCl2N5O. The monoisotopic (exact) mass is 441 g/mol. The minimum absolute atomic E-state index is 0.0745. The molecule has 0 spiro atoms. The third-order valence-electron chi connectivity index (χ3n) is 3.60. The van der Waals surface area contributed by atoms with Gasteiger partial charge in [-0.25, -0.2) is 0 Å². The number of benzene rings is 1. The summed E-state index contributed by atoms with van der Waals surface area (Å²) in [5.41, 5.74) is 1.78. The number of rotatable bonds is 5. The first-order chi connectivity index (χ1) is 11.9. The molecule has 0 aliphatic heterocycles. The average Bonchev–Trinajstić information content (AvgIpc) is 3.06. The maximum absolute atomic E-state index is 12.2. The molecule has 25 heavy (non-hydrogen) atoms. The van der Waals surface area contributed by atoms with Gasteiger partial charge in [0.15, 0.2) is 5.82 Å². The fourth-order valence-electron chi connectivity index (χ4n) is 2.25. The lowest BCUT2D eigenvalue weighted by Gasteiger charge is -2.06. The number of carbonyl (C=O) groups is 1. The standard InChI is InChI=1S/C16H14BrCl2N5O/c1-10-12(17)6-20-24(10)9-15(25)21-16-14(19)8-23(22-16)7-11-4-2-3-5-13(11)18/h2-6,8H,7,9H2,1H3,(H,21,22,25). The second-order valence-electron chi connectivity index (χ2n) is 5.40. The van der Waals surface area contributed by atoms with Crippen molar-refractivity contribution in [3.63, 3.8) is 0 Å². The summed E-state index contributed by atoms with van der Waals surface area (Å²) in [5, 5.41) is 12.2. The number of hydrogen-bond acceptors (Lipinski definition) is 3. The summed E-state index contributed by atoms with van der Waals surface area (Å²) in [4.78, 5) is 12.2. The van der Waals surface area contributed by atoms with Crippen LogP contribution in [-0.4, -0.2) is 25.5 Å². The van der Waals surface area contributed by atoms with Crippen LogP contribution in [0.15, 0.2) is 41.1 Å². The van der Waals surface area contributed by atoms with Crippen molar-refractivity contribution in [2.45, 2.75) is 20.0 Å². The van der Waals surface area contributed by atoms with Crippen LogP contribution in [-0.2, 0) is 17.9 Å². The van der Waals surface area contributed by atoms with E-state index in [1.807, 2.05) is 31.2 Å². The number of nitrogens with one attached hydrogen (secondary N) is 1. The van der Waals surface area contributed by atoms with Crippen molar-refractivity contribution in [2.24, 2.45) is 0 Å². The fraction of sp³-hybridized carbons (Fsp3) is 0.188. The van der Waals surface area contributed by atoms with Crippen molar-refractivity contribution in [1.82, 2.24) is 19.6 Å². The molecule has 0 atom stereocenters. The molecule has 0 saturated heterocycles. The summed E-state index contributed by atoms with van der Waals surface area (Å²) in [6, 6.07) is 7.49. The van der Waals surface area contributed by atoms with Crippen LogP contribution in [0.1, 0.15) is 11.3 Å². The van der Waals surface area contributed by atoms with Crippen molar-refractivity contribution >= 4 is 50.9 Å². The van der Waals surface area contributed by atoms with Gasteiger partial charge in [-0.3, -0.25) is 14.2 Å². The smallest absolute Gasteiger partial charge is 0.247 e. The Labute approximate surface area is 162 Å². The zero-order valence-corrected chi connectivity index (χ0v) is 16.3. The zero-order valence-electron chi connectivity index (χ0n) is 13.2. The molecule has 9 heteroatoms. The summed E-state index contributed by atoms with van der Waals surface area (Å²) in [7, 11) is 0. The minimum Gasteiger partial charge on any atom is -0.306 e. The Morgan fingerprint density at radius 2 is 2.04 bits per heavy atom. The van der Waals surface area contributed by atoms with E-state index in [2.05, 4.69) is 31.4 Å². The highest BCUT2D eigenvalue weighted by Crippen LogP contribution is 2.22. The molecule has 1 amide bonds. The minimum atomic E-state index is -0.261. The van der Waals surface area contributed by atoms with E-state index < -0.39 is 0 Å². The Morgan fingerprint density at radius 3 is 2.72 bits per heavy atom. The van der Waals surface area contributed by atoms with Crippen LogP contribution in [0.2, 0.25) is 10.0 Å². The van der Waals surface area contributed by atoms with E-state index in [1.165, 1.54) is 0 Å². The zero-order chi connectivity index (χ0) is 18.0. The Kier molecular flexibility index (Phi) is 5.46. The number of aromatic nitrogens is 4. The van der Waals surface area contributed by atoms with Crippen molar-refractivity contribution in [3.8, 4) is 0 Å². The molecule has 6 nitrogen and oxygen atoms in total. The lowest BCUT2D eigenvalue weighted by molar-refractivity contribution is -0.117. The Hall–Kier alpha value is -1.83. The second kappa shape index (κ2) is 7.59. The normalized spacial score (nSPS) is 10.9. The predicted molar refractivity (Wildman–Crippen MR) is 101 cm³/mol. The van der Waals surface area contributed by atoms with Crippen LogP contribution in [0.4, 0.5) is 5.82 Å². The number of anilines is 1. The molecule has 0 bridgehead atoms. The first-order valence-corrected chi connectivity index (χ1v) is 8.93. The second-order valence-corrected chi connectivity index (χ2v) is 7.07. The van der Waals surface area contributed by atoms with Gasteiger partial charge in [-0.1, -0.05) is 41.4 Å². The van der Waals surface area contributed by atoms with E-state index in [4.69, 9.17) is 23.2 Å². The van der Waals surface area contributed by atoms with Gasteiger partial charge in [0.25, 0.3) is 0 Å². The highest BCUT2D eigenvalue weighted by atomic mass is 79.9. The Balaban J connectivity index is 1.69. The van der Waals surface area contributed by atoms with Gasteiger partial charge in [0, 0.05) is 11.2 Å². The lowest BCUT2D eigenvalue weighted by atomic mass is 10.2. The number of amides is 1. The Bertz CT molecular complexity index is 921. The van der Waals surface area contributed by atoms with Gasteiger partial charge >= 0.3 is 0 Å². The molecule has 3 aromatic rings. The number of hydrogen-bond donors (Lipinski definition) is 1. The molecule has 1 N–H and O–H groups in total. The molecule has 0 aliphatic carbocycles. The van der Waals surface area contributed by atoms with Gasteiger partial charge in [-0.05, 0) is 34.5 Å². The first kappa shape index (κ1) is 18.0. The van der Waals surface area contributed by atoms with Gasteiger partial charge in [-0.2, -0.15) is 10.2 Å². The third-order valence-corrected chi connectivity index (χ3v) is 5.03. The van der Waals surface area contributed by atoms with E-state index in [0.717, 1.165) is 15.7 Å². The SMILES string of the molecule is Cc1c(Br)cnn1CC(=O)Nc1nn(Cc2ccccc2Cl)cc1Cl. The average molecular weight is 443 g/mol. The molecule has 1 aromatic carbocycles. The quantitative estimate of drug-likeness (QED) is 0.645. The summed E-state index contributed by atoms with van der Waals surface area (Å²) < 4.78 is 4.07. The molecule has 0 unspecified atom stereocenters. The van der Waals surface area contributed by atoms with Crippen molar-refractivity contribution in [1.29, 1.82) is 0 Å². The van der Waals surface area contributed by atoms with Crippen LogP contribution >= 0.6 is 39.1 Å². The summed E-state index contributed by atoms with van der Waals surface area (Å²) in [6.07, 6.45) is 3.30. The molecule has 2 heterocycles. The van der Waals surface area contributed by atoms with E-state index in [-0.39, 0.29) is 12.5 Å². The van der Waals surface area contributed by atoms with Crippen LogP contribution < -0.4 is 5.32 Å². The molecular weight excluding hydrogens is 429 g/mol. The van der Waals surface area contributed by atoms with Crippen molar-refractivity contribution in [3.05, 3.63) is 62.4 Å². The topological polar surface area (TPSA) is 64.7 Å². The largest absolute Gasteiger partial charge is 0.306 e. The molecule has 0 saturated carbocycles. The van der Waals surface area contributed by atoms with Gasteiger partial charge < -0.3 is 5.32 Å². The van der Waals surface area contributed by atoms with Crippen LogP contribution in [0.25, 0.3) is 0 Å². The number of halogens is 3. The van der Waals surface area contributed by atoms with Gasteiger partial charge in [0.1, 0.15) is 11.6 Å². The maximum Gasteiger partial charge on any atom is 0.247 e. The van der Waals surface area contributed by atoms with Crippen LogP contribution in [0.3, 0.4) is 0 Å². The third kappa shape index (κ3) is 4.23. The van der Waals surface area contributed by atoms with E-state index in [9.17, 15) is 4.79 Å². The number of nitrogens with zero attached hydrogens (tertiary/aromatic N) is 4. The Morgan fingerprint density at radius 1 is 1.28 bits per heavy atom. The van der Waals surface area contributed by atoms with Crippen LogP contribution in [0, 0.1) is 6.92 Å². The molecule has 2 aromatic heterocycles. The molecule has 0 radical (unpaired) electrons. The first-order valence-electron chi connectivity index (χ1n) is 7.38. The summed E-state index contributed by atoms with van der Waals surface area (Å²) in [5.74, 6) is 0.0474. The fourth-order valence-corrected chi connectivity index (χ4v) is 2.94. The van der Waals surface area contributed by atoms with Crippen molar-refractivity contribution < 1.29 is 4.79 Å². The highest BCUT2D eigenvalue weighted by Gasteiger charge is 2.14. The predicted octanol–water partition coefficient (Wildman–Crippen LogP) is 4.14. The summed E-state index contributed by atoms with van der Waals surface area (Å²) in [6.45, 7) is 2.40. The van der Waals surface area contributed by atoms with Gasteiger partial charge in [0.05, 0.1) is 22.9 Å². The maximum atomic E-state index is 12.2. The van der Waals surface area contributed by atoms with Gasteiger partial charge in [-0.15, -0.1) is 0 Å². The lowest BCUT2D eigenvalue weighted by Crippen LogP contribution is -2.20. The molecule has 130 valence electrons. The highest BCUT2D eigenvalue weighted by molar-refractivity contribution is 9.10. The van der Waals surface area contributed by atoms with Crippen LogP contribution in [0.5, 0.6) is 0 Å². The number of carbonyl (C=O) groups excluding carboxylic acids is 1. The molecule has 0 aliphatic rings. The van der Waals surface area contributed by atoms with E-state index >= 15 is 0 Å². The van der Waals surface area contributed by atoms with E-state index in [1.54, 1.807) is 21.8 Å². The molecule has 0 fully saturated rings. The van der Waals surface area contributed by atoms with Crippen molar-refractivity contribution in [2.75, 3.05) is 5.32 Å².